The molecule has 0 aliphatic heterocycles. The predicted octanol–water partition coefficient (Wildman–Crippen LogP) is 4.23. The summed E-state index contributed by atoms with van der Waals surface area (Å²) in [5.41, 5.74) is 3.30. The van der Waals surface area contributed by atoms with Crippen molar-refractivity contribution < 1.29 is 27.8 Å². The second-order valence-corrected chi connectivity index (χ2v) is 6.96. The fraction of sp³-hybridized carbons (Fsp3) is 0.130. The molecule has 0 saturated carbocycles. The first-order valence-electron chi connectivity index (χ1n) is 9.74. The Labute approximate surface area is 191 Å². The number of carboxylic acids is 1. The average Bonchev–Trinajstić information content (AvgIpc) is 3.23. The minimum absolute atomic E-state index is 0.149. The van der Waals surface area contributed by atoms with Gasteiger partial charge in [0.15, 0.2) is 0 Å². The van der Waals surface area contributed by atoms with Crippen molar-refractivity contribution in [3.8, 4) is 11.4 Å². The molecule has 2 aromatic carbocycles. The molecule has 0 bridgehead atoms. The average molecular weight is 472 g/mol. The maximum absolute atomic E-state index is 12.2. The summed E-state index contributed by atoms with van der Waals surface area (Å²) < 4.78 is 39.2. The zero-order valence-corrected chi connectivity index (χ0v) is 18.0. The molecule has 0 aliphatic rings. The molecule has 0 saturated heterocycles. The van der Waals surface area contributed by atoms with E-state index in [0.717, 1.165) is 22.7 Å². The highest BCUT2D eigenvalue weighted by Crippen LogP contribution is 2.25. The van der Waals surface area contributed by atoms with Crippen LogP contribution in [-0.4, -0.2) is 43.9 Å². The lowest BCUT2D eigenvalue weighted by Crippen LogP contribution is -2.21. The largest absolute Gasteiger partial charge is 0.495 e. The van der Waals surface area contributed by atoms with Gasteiger partial charge in [0.05, 0.1) is 35.7 Å². The maximum atomic E-state index is 12.2. The molecule has 4 aromatic rings. The van der Waals surface area contributed by atoms with Crippen LogP contribution < -0.4 is 10.3 Å². The molecular weight excluding hydrogens is 453 g/mol. The van der Waals surface area contributed by atoms with Crippen molar-refractivity contribution in [2.24, 2.45) is 0 Å². The number of ether oxygens (including phenoxy) is 1. The Hall–Kier alpha value is -4.41. The summed E-state index contributed by atoms with van der Waals surface area (Å²) >= 11 is 0. The number of nitrogens with zero attached hydrogens (tertiary/aromatic N) is 3. The summed E-state index contributed by atoms with van der Waals surface area (Å²) in [7, 11) is 1.64. The van der Waals surface area contributed by atoms with E-state index in [1.165, 1.54) is 0 Å². The Morgan fingerprint density at radius 3 is 2.50 bits per heavy atom. The first-order valence-corrected chi connectivity index (χ1v) is 9.74. The third-order valence-electron chi connectivity index (χ3n) is 4.50. The molecule has 0 spiro atoms. The Morgan fingerprint density at radius 2 is 1.88 bits per heavy atom. The van der Waals surface area contributed by atoms with Crippen molar-refractivity contribution in [1.82, 2.24) is 19.5 Å². The van der Waals surface area contributed by atoms with Gasteiger partial charge in [0.1, 0.15) is 11.6 Å². The molecule has 2 N–H and O–H groups in total. The Balaban J connectivity index is 0.000000406. The van der Waals surface area contributed by atoms with Crippen LogP contribution in [0.3, 0.4) is 0 Å². The zero-order chi connectivity index (χ0) is 24.9. The number of hydrogen-bond donors (Lipinski definition) is 2. The van der Waals surface area contributed by atoms with Crippen molar-refractivity contribution in [3.05, 3.63) is 82.4 Å². The number of benzene rings is 2. The van der Waals surface area contributed by atoms with Gasteiger partial charge in [-0.3, -0.25) is 4.79 Å². The van der Waals surface area contributed by atoms with Gasteiger partial charge in [0.2, 0.25) is 0 Å². The van der Waals surface area contributed by atoms with Crippen LogP contribution in [0.1, 0.15) is 17.1 Å². The molecule has 176 valence electrons. The number of H-pyrrole nitrogens is 1. The predicted molar refractivity (Wildman–Crippen MR) is 120 cm³/mol. The van der Waals surface area contributed by atoms with E-state index in [4.69, 9.17) is 14.6 Å². The lowest BCUT2D eigenvalue weighted by atomic mass is 10.1. The number of hydrogen-bond acceptors (Lipinski definition) is 5. The molecule has 8 nitrogen and oxygen atoms in total. The molecule has 11 heteroatoms. The smallest absolute Gasteiger partial charge is 0.490 e. The second-order valence-electron chi connectivity index (χ2n) is 6.96. The lowest BCUT2D eigenvalue weighted by molar-refractivity contribution is -0.192. The molecule has 34 heavy (non-hydrogen) atoms. The van der Waals surface area contributed by atoms with E-state index >= 15 is 0 Å². The van der Waals surface area contributed by atoms with E-state index in [9.17, 15) is 18.0 Å². The van der Waals surface area contributed by atoms with Gasteiger partial charge in [-0.2, -0.15) is 13.2 Å². The van der Waals surface area contributed by atoms with Gasteiger partial charge in [0.25, 0.3) is 5.56 Å². The zero-order valence-electron chi connectivity index (χ0n) is 18.0. The van der Waals surface area contributed by atoms with Crippen molar-refractivity contribution in [1.29, 1.82) is 0 Å². The molecule has 2 heterocycles. The number of aromatic nitrogens is 4. The molecule has 0 amide bonds. The van der Waals surface area contributed by atoms with Gasteiger partial charge in [-0.25, -0.2) is 14.8 Å². The number of imidazole rings is 1. The third-order valence-corrected chi connectivity index (χ3v) is 4.50. The minimum Gasteiger partial charge on any atom is -0.495 e. The Morgan fingerprint density at radius 1 is 1.18 bits per heavy atom. The summed E-state index contributed by atoms with van der Waals surface area (Å²) in [6, 6.07) is 13.1. The molecular formula is C23H19F3N4O4. The van der Waals surface area contributed by atoms with Crippen LogP contribution in [0.2, 0.25) is 0 Å². The molecule has 0 unspecified atom stereocenters. The highest BCUT2D eigenvalue weighted by atomic mass is 19.4. The van der Waals surface area contributed by atoms with Crippen molar-refractivity contribution in [2.45, 2.75) is 13.1 Å². The minimum atomic E-state index is -5.08. The summed E-state index contributed by atoms with van der Waals surface area (Å²) in [6.45, 7) is 1.94. The van der Waals surface area contributed by atoms with Crippen molar-refractivity contribution in [2.75, 3.05) is 7.11 Å². The number of rotatable bonds is 4. The lowest BCUT2D eigenvalue weighted by Gasteiger charge is -2.10. The van der Waals surface area contributed by atoms with Gasteiger partial charge in [0, 0.05) is 6.20 Å². The number of carboxylic acid groups (broad SMARTS) is 1. The van der Waals surface area contributed by atoms with Gasteiger partial charge in [-0.1, -0.05) is 24.3 Å². The summed E-state index contributed by atoms with van der Waals surface area (Å²) in [6.07, 6.45) is 2.28. The highest BCUT2D eigenvalue weighted by Gasteiger charge is 2.38. The summed E-state index contributed by atoms with van der Waals surface area (Å²) in [5.74, 6) is -1.52. The number of aliphatic carboxylic acids is 1. The van der Waals surface area contributed by atoms with Gasteiger partial charge in [-0.15, -0.1) is 0 Å². The highest BCUT2D eigenvalue weighted by molar-refractivity contribution is 5.79. The van der Waals surface area contributed by atoms with Crippen LogP contribution in [0.4, 0.5) is 13.2 Å². The number of carbonyl (C=O) groups is 1. The number of alkyl halides is 3. The van der Waals surface area contributed by atoms with Crippen LogP contribution in [0.15, 0.2) is 59.8 Å². The molecule has 4 rings (SSSR count). The van der Waals surface area contributed by atoms with Crippen LogP contribution >= 0.6 is 0 Å². The maximum Gasteiger partial charge on any atom is 0.490 e. The summed E-state index contributed by atoms with van der Waals surface area (Å²) in [5, 5.41) is 7.70. The van der Waals surface area contributed by atoms with Gasteiger partial charge < -0.3 is 19.4 Å². The van der Waals surface area contributed by atoms with E-state index in [-0.39, 0.29) is 5.56 Å². The molecule has 2 aromatic heterocycles. The van der Waals surface area contributed by atoms with Crippen LogP contribution in [0, 0.1) is 6.92 Å². The second kappa shape index (κ2) is 10.0. The van der Waals surface area contributed by atoms with Gasteiger partial charge in [-0.05, 0) is 42.8 Å². The first-order chi connectivity index (χ1) is 16.1. The third kappa shape index (κ3) is 5.88. The fourth-order valence-corrected chi connectivity index (χ4v) is 2.92. The number of aromatic amines is 1. The van der Waals surface area contributed by atoms with Crippen molar-refractivity contribution in [3.63, 3.8) is 0 Å². The van der Waals surface area contributed by atoms with E-state index < -0.39 is 12.1 Å². The summed E-state index contributed by atoms with van der Waals surface area (Å²) in [4.78, 5) is 32.6. The number of methoxy groups -OCH3 is 1. The number of nitrogens with one attached hydrogen (secondary N) is 1. The van der Waals surface area contributed by atoms with E-state index in [1.807, 2.05) is 60.2 Å². The molecule has 0 radical (unpaired) electrons. The standard InChI is InChI=1S/C21H18N4O2.C2HF3O2/c1-14-12-25(13-22-14)18-9-7-15(11-19(18)27-2)8-10-20-23-17-6-4-3-5-16(17)21(26)24-20;3-2(4,5)1(6)7/h3-13H,1-2H3,(H,23,24,26);(H,6,7)/b10-8+;. The normalized spacial score (nSPS) is 11.3. The molecule has 0 atom stereocenters. The van der Waals surface area contributed by atoms with Crippen LogP contribution in [0.5, 0.6) is 5.75 Å². The number of halogens is 3. The molecule has 0 fully saturated rings. The fourth-order valence-electron chi connectivity index (χ4n) is 2.92. The van der Waals surface area contributed by atoms with Crippen molar-refractivity contribution >= 4 is 29.0 Å². The van der Waals surface area contributed by atoms with Crippen LogP contribution in [-0.2, 0) is 4.79 Å². The number of fused-ring (bicyclic) bond motifs is 1. The Bertz CT molecular complexity index is 1410. The van der Waals surface area contributed by atoms with E-state index in [2.05, 4.69) is 15.0 Å². The SMILES string of the molecule is COc1cc(/C=C/c2nc3ccccc3c(=O)[nH]2)ccc1-n1cnc(C)c1.O=C(O)C(F)(F)F. The first kappa shape index (κ1) is 24.2. The van der Waals surface area contributed by atoms with Gasteiger partial charge >= 0.3 is 12.1 Å². The monoisotopic (exact) mass is 472 g/mol. The number of aryl methyl sites for hydroxylation is 1. The van der Waals surface area contributed by atoms with E-state index in [0.29, 0.717) is 16.7 Å². The Kier molecular flexibility index (Phi) is 7.15. The quantitative estimate of drug-likeness (QED) is 0.460. The molecule has 0 aliphatic carbocycles. The van der Waals surface area contributed by atoms with Crippen LogP contribution in [0.25, 0.3) is 28.7 Å². The topological polar surface area (TPSA) is 110 Å². The number of para-hydroxylation sites is 1. The van der Waals surface area contributed by atoms with E-state index in [1.54, 1.807) is 25.6 Å².